The molecule has 0 aliphatic heterocycles. The maximum absolute atomic E-state index is 12.2. The Hall–Kier alpha value is -2.42. The summed E-state index contributed by atoms with van der Waals surface area (Å²) < 4.78 is 7.87. The van der Waals surface area contributed by atoms with Crippen molar-refractivity contribution < 1.29 is 9.53 Å². The lowest BCUT2D eigenvalue weighted by atomic mass is 10.2. The summed E-state index contributed by atoms with van der Waals surface area (Å²) in [7, 11) is 0. The first kappa shape index (κ1) is 21.3. The van der Waals surface area contributed by atoms with Crippen LogP contribution in [0.5, 0.6) is 5.75 Å². The summed E-state index contributed by atoms with van der Waals surface area (Å²) in [6.07, 6.45) is 1.36. The van der Waals surface area contributed by atoms with Gasteiger partial charge in [0.25, 0.3) is 5.91 Å². The van der Waals surface area contributed by atoms with Crippen LogP contribution >= 0.6 is 38.9 Å². The SMILES string of the molecule is Cc1ccccc1OCC(=O)NN=Cc1sc(=O)n(Cc2ccc(Br)cc2)c1Cl. The number of aromatic nitrogens is 1. The molecule has 1 heterocycles. The van der Waals surface area contributed by atoms with E-state index in [4.69, 9.17) is 16.3 Å². The van der Waals surface area contributed by atoms with Gasteiger partial charge in [-0.1, -0.05) is 69.2 Å². The highest BCUT2D eigenvalue weighted by Crippen LogP contribution is 2.19. The fourth-order valence-electron chi connectivity index (χ4n) is 2.45. The Balaban J connectivity index is 1.59. The van der Waals surface area contributed by atoms with Gasteiger partial charge in [-0.05, 0) is 36.2 Å². The van der Waals surface area contributed by atoms with E-state index in [0.29, 0.717) is 17.2 Å². The first-order valence-corrected chi connectivity index (χ1v) is 10.6. The number of hydrogen-bond donors (Lipinski definition) is 1. The molecule has 0 fully saturated rings. The third-order valence-corrected chi connectivity index (χ3v) is 5.90. The maximum atomic E-state index is 12.2. The zero-order chi connectivity index (χ0) is 20.8. The van der Waals surface area contributed by atoms with Crippen LogP contribution < -0.4 is 15.0 Å². The van der Waals surface area contributed by atoms with E-state index >= 15 is 0 Å². The molecule has 0 radical (unpaired) electrons. The number of thiazole rings is 1. The molecule has 0 saturated carbocycles. The van der Waals surface area contributed by atoms with E-state index in [2.05, 4.69) is 26.5 Å². The molecular weight excluding hydrogens is 478 g/mol. The lowest BCUT2D eigenvalue weighted by Gasteiger charge is -2.07. The number of benzene rings is 2. The molecule has 1 aromatic heterocycles. The third kappa shape index (κ3) is 5.79. The number of hydrogen-bond acceptors (Lipinski definition) is 5. The maximum Gasteiger partial charge on any atom is 0.309 e. The summed E-state index contributed by atoms with van der Waals surface area (Å²) in [5.74, 6) is 0.222. The highest BCUT2D eigenvalue weighted by molar-refractivity contribution is 9.10. The molecule has 9 heteroatoms. The smallest absolute Gasteiger partial charge is 0.309 e. The lowest BCUT2D eigenvalue weighted by molar-refractivity contribution is -0.123. The molecule has 0 aliphatic carbocycles. The Bertz CT molecular complexity index is 1090. The van der Waals surface area contributed by atoms with E-state index in [0.717, 1.165) is 26.9 Å². The minimum atomic E-state index is -0.415. The van der Waals surface area contributed by atoms with Gasteiger partial charge in [-0.2, -0.15) is 5.10 Å². The average Bonchev–Trinajstić information content (AvgIpc) is 2.96. The number of hydrazone groups is 1. The Morgan fingerprint density at radius 2 is 2.00 bits per heavy atom. The van der Waals surface area contributed by atoms with Crippen molar-refractivity contribution in [3.8, 4) is 5.75 Å². The van der Waals surface area contributed by atoms with Crippen LogP contribution in [-0.2, 0) is 11.3 Å². The van der Waals surface area contributed by atoms with Crippen molar-refractivity contribution in [3.63, 3.8) is 0 Å². The summed E-state index contributed by atoms with van der Waals surface area (Å²) in [6.45, 7) is 2.08. The fraction of sp³-hybridized carbons (Fsp3) is 0.150. The number of halogens is 2. The number of carbonyl (C=O) groups is 1. The van der Waals surface area contributed by atoms with Crippen LogP contribution in [-0.4, -0.2) is 23.3 Å². The van der Waals surface area contributed by atoms with Crippen LogP contribution in [0.1, 0.15) is 16.0 Å². The summed E-state index contributed by atoms with van der Waals surface area (Å²) >= 11 is 10.7. The number of amides is 1. The van der Waals surface area contributed by atoms with E-state index in [1.54, 1.807) is 6.07 Å². The molecule has 150 valence electrons. The van der Waals surface area contributed by atoms with Crippen LogP contribution in [0.2, 0.25) is 5.15 Å². The van der Waals surface area contributed by atoms with Gasteiger partial charge in [0.15, 0.2) is 6.61 Å². The fourth-order valence-corrected chi connectivity index (χ4v) is 3.82. The van der Waals surface area contributed by atoms with Crippen LogP contribution in [0.25, 0.3) is 0 Å². The second-order valence-corrected chi connectivity index (χ2v) is 8.35. The molecule has 1 N–H and O–H groups in total. The van der Waals surface area contributed by atoms with Gasteiger partial charge in [-0.25, -0.2) is 5.43 Å². The minimum absolute atomic E-state index is 0.170. The van der Waals surface area contributed by atoms with E-state index in [1.807, 2.05) is 49.4 Å². The third-order valence-electron chi connectivity index (χ3n) is 3.94. The Morgan fingerprint density at radius 3 is 2.72 bits per heavy atom. The molecule has 0 unspecified atom stereocenters. The number of aryl methyl sites for hydroxylation is 1. The molecule has 3 rings (SSSR count). The highest BCUT2D eigenvalue weighted by atomic mass is 79.9. The second kappa shape index (κ2) is 9.87. The largest absolute Gasteiger partial charge is 0.483 e. The van der Waals surface area contributed by atoms with Gasteiger partial charge in [0, 0.05) is 4.47 Å². The summed E-state index contributed by atoms with van der Waals surface area (Å²) in [5, 5.41) is 4.15. The molecule has 0 atom stereocenters. The molecule has 0 bridgehead atoms. The lowest BCUT2D eigenvalue weighted by Crippen LogP contribution is -2.24. The highest BCUT2D eigenvalue weighted by Gasteiger charge is 2.12. The average molecular weight is 495 g/mol. The molecule has 3 aromatic rings. The van der Waals surface area contributed by atoms with Crippen molar-refractivity contribution in [2.75, 3.05) is 6.61 Å². The summed E-state index contributed by atoms with van der Waals surface area (Å²) in [6, 6.07) is 15.0. The molecular formula is C20H17BrClN3O3S. The van der Waals surface area contributed by atoms with Crippen molar-refractivity contribution in [1.29, 1.82) is 0 Å². The molecule has 29 heavy (non-hydrogen) atoms. The van der Waals surface area contributed by atoms with Gasteiger partial charge >= 0.3 is 4.87 Å². The Labute approximate surface area is 184 Å². The van der Waals surface area contributed by atoms with E-state index in [-0.39, 0.29) is 16.6 Å². The van der Waals surface area contributed by atoms with Crippen molar-refractivity contribution in [3.05, 3.63) is 83.8 Å². The molecule has 2 aromatic carbocycles. The van der Waals surface area contributed by atoms with Crippen molar-refractivity contribution >= 4 is 51.0 Å². The predicted molar refractivity (Wildman–Crippen MR) is 119 cm³/mol. The van der Waals surface area contributed by atoms with Crippen LogP contribution in [0.15, 0.2) is 62.9 Å². The quantitative estimate of drug-likeness (QED) is 0.395. The van der Waals surface area contributed by atoms with Gasteiger partial charge in [0.05, 0.1) is 17.6 Å². The van der Waals surface area contributed by atoms with Gasteiger partial charge in [0.1, 0.15) is 10.9 Å². The number of nitrogens with zero attached hydrogens (tertiary/aromatic N) is 2. The van der Waals surface area contributed by atoms with Gasteiger partial charge in [-0.15, -0.1) is 0 Å². The van der Waals surface area contributed by atoms with E-state index in [9.17, 15) is 9.59 Å². The topological polar surface area (TPSA) is 72.7 Å². The summed E-state index contributed by atoms with van der Waals surface area (Å²) in [5.41, 5.74) is 4.25. The Morgan fingerprint density at radius 1 is 1.28 bits per heavy atom. The van der Waals surface area contributed by atoms with Crippen LogP contribution in [0.3, 0.4) is 0 Å². The monoisotopic (exact) mass is 493 g/mol. The van der Waals surface area contributed by atoms with Gasteiger partial charge < -0.3 is 4.74 Å². The first-order valence-electron chi connectivity index (χ1n) is 8.58. The molecule has 1 amide bonds. The second-order valence-electron chi connectivity index (χ2n) is 6.08. The van der Waals surface area contributed by atoms with Gasteiger partial charge in [-0.3, -0.25) is 14.2 Å². The van der Waals surface area contributed by atoms with E-state index in [1.165, 1.54) is 10.8 Å². The van der Waals surface area contributed by atoms with Crippen molar-refractivity contribution in [2.24, 2.45) is 5.10 Å². The van der Waals surface area contributed by atoms with Crippen molar-refractivity contribution in [1.82, 2.24) is 9.99 Å². The number of carbonyl (C=O) groups excluding carboxylic acids is 1. The predicted octanol–water partition coefficient (Wildman–Crippen LogP) is 4.21. The van der Waals surface area contributed by atoms with Gasteiger partial charge in [0.2, 0.25) is 0 Å². The van der Waals surface area contributed by atoms with E-state index < -0.39 is 5.91 Å². The van der Waals surface area contributed by atoms with Crippen LogP contribution in [0, 0.1) is 6.92 Å². The Kier molecular flexibility index (Phi) is 7.24. The number of ether oxygens (including phenoxy) is 1. The standard InChI is InChI=1S/C20H17BrClN3O3S/c1-13-4-2-3-5-16(13)28-12-18(26)24-23-10-17-19(22)25(20(27)29-17)11-14-6-8-15(21)9-7-14/h2-10H,11-12H2,1H3,(H,24,26). The van der Waals surface area contributed by atoms with Crippen LogP contribution in [0.4, 0.5) is 0 Å². The number of nitrogens with one attached hydrogen (secondary N) is 1. The molecule has 0 saturated heterocycles. The van der Waals surface area contributed by atoms with Crippen molar-refractivity contribution in [2.45, 2.75) is 13.5 Å². The number of para-hydroxylation sites is 1. The normalized spacial score (nSPS) is 11.0. The molecule has 6 nitrogen and oxygen atoms in total. The molecule has 0 aliphatic rings. The zero-order valence-corrected chi connectivity index (χ0v) is 18.6. The molecule has 0 spiro atoms. The first-order chi connectivity index (χ1) is 13.9. The zero-order valence-electron chi connectivity index (χ0n) is 15.4. The minimum Gasteiger partial charge on any atom is -0.483 e. The summed E-state index contributed by atoms with van der Waals surface area (Å²) in [4.78, 5) is 24.4. The number of rotatable bonds is 7.